The van der Waals surface area contributed by atoms with Crippen molar-refractivity contribution in [2.75, 3.05) is 48.4 Å². The molecule has 2 aliphatic rings. The Balaban J connectivity index is 1.26. The standard InChI is InChI=1S/C35H52N4O3/c1-3-4-5-6-7-8-9-10-11-12-13-18-34(40)36-29-21-22-31(30(27-29)35(41)37-28-19-20-28)38-23-25-39(26-24-38)32-16-14-15-17-33(32)42-2/h14-17,21-22,27-28H,3-13,18-20,23-26H2,1-2H3,(H,36,40)(H,37,41). The molecule has 4 rings (SSSR count). The van der Waals surface area contributed by atoms with Gasteiger partial charge >= 0.3 is 0 Å². The second-order valence-electron chi connectivity index (χ2n) is 12.0. The van der Waals surface area contributed by atoms with Crippen LogP contribution in [0.15, 0.2) is 42.5 Å². The van der Waals surface area contributed by atoms with Gasteiger partial charge in [0.25, 0.3) is 5.91 Å². The van der Waals surface area contributed by atoms with E-state index < -0.39 is 0 Å². The number of benzene rings is 2. The quantitative estimate of drug-likeness (QED) is 0.179. The molecule has 0 atom stereocenters. The third-order valence-electron chi connectivity index (χ3n) is 8.49. The lowest BCUT2D eigenvalue weighted by molar-refractivity contribution is -0.116. The molecule has 2 fully saturated rings. The second-order valence-corrected chi connectivity index (χ2v) is 12.0. The van der Waals surface area contributed by atoms with Gasteiger partial charge in [0.15, 0.2) is 0 Å². The fraction of sp³-hybridized carbons (Fsp3) is 0.600. The number of piperazine rings is 1. The van der Waals surface area contributed by atoms with Crippen LogP contribution >= 0.6 is 0 Å². The fourth-order valence-electron chi connectivity index (χ4n) is 5.81. The second kappa shape index (κ2) is 17.0. The lowest BCUT2D eigenvalue weighted by Gasteiger charge is -2.38. The number of unbranched alkanes of at least 4 members (excludes halogenated alkanes) is 10. The number of methoxy groups -OCH3 is 1. The minimum Gasteiger partial charge on any atom is -0.495 e. The van der Waals surface area contributed by atoms with Gasteiger partial charge in [-0.25, -0.2) is 0 Å². The number of anilines is 3. The van der Waals surface area contributed by atoms with Crippen molar-refractivity contribution >= 4 is 28.9 Å². The Morgan fingerprint density at radius 1 is 0.786 bits per heavy atom. The molecule has 2 aromatic rings. The summed E-state index contributed by atoms with van der Waals surface area (Å²) in [5.41, 5.74) is 3.36. The molecule has 1 saturated heterocycles. The number of hydrogen-bond donors (Lipinski definition) is 2. The SMILES string of the molecule is CCCCCCCCCCCCCC(=O)Nc1ccc(N2CCN(c3ccccc3OC)CC2)c(C(=O)NC2CC2)c1. The molecule has 0 radical (unpaired) electrons. The van der Waals surface area contributed by atoms with Crippen LogP contribution in [0, 0.1) is 0 Å². The van der Waals surface area contributed by atoms with Crippen LogP contribution in [0.25, 0.3) is 0 Å². The number of para-hydroxylation sites is 2. The van der Waals surface area contributed by atoms with Crippen LogP contribution in [-0.2, 0) is 4.79 Å². The van der Waals surface area contributed by atoms with Crippen LogP contribution in [0.5, 0.6) is 5.75 Å². The number of carbonyl (C=O) groups excluding carboxylic acids is 2. The minimum absolute atomic E-state index is 0.0256. The highest BCUT2D eigenvalue weighted by Crippen LogP contribution is 2.31. The topological polar surface area (TPSA) is 73.9 Å². The van der Waals surface area contributed by atoms with Crippen molar-refractivity contribution in [3.05, 3.63) is 48.0 Å². The van der Waals surface area contributed by atoms with Crippen molar-refractivity contribution in [1.82, 2.24) is 5.32 Å². The molecule has 0 unspecified atom stereocenters. The molecule has 1 aliphatic carbocycles. The molecule has 0 spiro atoms. The Morgan fingerprint density at radius 2 is 1.38 bits per heavy atom. The van der Waals surface area contributed by atoms with Crippen molar-refractivity contribution in [2.24, 2.45) is 0 Å². The maximum absolute atomic E-state index is 13.3. The van der Waals surface area contributed by atoms with Crippen molar-refractivity contribution in [3.8, 4) is 5.75 Å². The molecule has 42 heavy (non-hydrogen) atoms. The van der Waals surface area contributed by atoms with E-state index in [-0.39, 0.29) is 17.9 Å². The van der Waals surface area contributed by atoms with Gasteiger partial charge in [0.05, 0.1) is 18.4 Å². The smallest absolute Gasteiger partial charge is 0.253 e. The highest BCUT2D eigenvalue weighted by Gasteiger charge is 2.28. The molecule has 2 amide bonds. The predicted octanol–water partition coefficient (Wildman–Crippen LogP) is 7.55. The number of ether oxygens (including phenoxy) is 1. The molecule has 1 aliphatic heterocycles. The molecule has 2 aromatic carbocycles. The van der Waals surface area contributed by atoms with Crippen molar-refractivity contribution in [2.45, 2.75) is 103 Å². The third-order valence-corrected chi connectivity index (χ3v) is 8.49. The Morgan fingerprint density at radius 3 is 2.00 bits per heavy atom. The number of nitrogens with one attached hydrogen (secondary N) is 2. The normalized spacial score (nSPS) is 15.0. The number of hydrogen-bond acceptors (Lipinski definition) is 5. The number of nitrogens with zero attached hydrogens (tertiary/aromatic N) is 2. The van der Waals surface area contributed by atoms with E-state index in [2.05, 4.69) is 33.4 Å². The van der Waals surface area contributed by atoms with E-state index in [4.69, 9.17) is 4.74 Å². The van der Waals surface area contributed by atoms with Crippen molar-refractivity contribution < 1.29 is 14.3 Å². The molecule has 7 nitrogen and oxygen atoms in total. The minimum atomic E-state index is -0.0545. The van der Waals surface area contributed by atoms with E-state index in [1.54, 1.807) is 7.11 Å². The van der Waals surface area contributed by atoms with Crippen LogP contribution in [0.2, 0.25) is 0 Å². The van der Waals surface area contributed by atoms with Gasteiger partial charge in [0.2, 0.25) is 5.91 Å². The highest BCUT2D eigenvalue weighted by molar-refractivity contribution is 6.02. The summed E-state index contributed by atoms with van der Waals surface area (Å²) in [7, 11) is 1.71. The molecule has 0 bridgehead atoms. The lowest BCUT2D eigenvalue weighted by Crippen LogP contribution is -2.47. The van der Waals surface area contributed by atoms with Crippen LogP contribution in [0.4, 0.5) is 17.1 Å². The average molecular weight is 577 g/mol. The molecular weight excluding hydrogens is 524 g/mol. The Labute approximate surface area is 253 Å². The van der Waals surface area contributed by atoms with E-state index in [1.807, 2.05) is 36.4 Å². The molecular formula is C35H52N4O3. The zero-order valence-corrected chi connectivity index (χ0v) is 26.0. The van der Waals surface area contributed by atoms with Gasteiger partial charge in [-0.15, -0.1) is 0 Å². The molecule has 2 N–H and O–H groups in total. The monoisotopic (exact) mass is 576 g/mol. The van der Waals surface area contributed by atoms with Crippen LogP contribution in [0.1, 0.15) is 107 Å². The van der Waals surface area contributed by atoms with Crippen LogP contribution in [-0.4, -0.2) is 51.1 Å². The van der Waals surface area contributed by atoms with E-state index >= 15 is 0 Å². The average Bonchev–Trinajstić information content (AvgIpc) is 3.84. The zero-order chi connectivity index (χ0) is 29.6. The maximum Gasteiger partial charge on any atom is 0.253 e. The lowest BCUT2D eigenvalue weighted by atomic mass is 10.1. The first-order valence-corrected chi connectivity index (χ1v) is 16.5. The Bertz CT molecular complexity index is 1120. The van der Waals surface area contributed by atoms with Gasteiger partial charge < -0.3 is 25.2 Å². The Hall–Kier alpha value is -3.22. The highest BCUT2D eigenvalue weighted by atomic mass is 16.5. The number of amides is 2. The van der Waals surface area contributed by atoms with E-state index in [0.717, 1.165) is 69.0 Å². The summed E-state index contributed by atoms with van der Waals surface area (Å²) in [6.45, 7) is 5.53. The van der Waals surface area contributed by atoms with Crippen molar-refractivity contribution in [1.29, 1.82) is 0 Å². The summed E-state index contributed by atoms with van der Waals surface area (Å²) >= 11 is 0. The van der Waals surface area contributed by atoms with Gasteiger partial charge in [-0.05, 0) is 49.6 Å². The summed E-state index contributed by atoms with van der Waals surface area (Å²) in [6.07, 6.45) is 16.5. The summed E-state index contributed by atoms with van der Waals surface area (Å²) < 4.78 is 5.57. The maximum atomic E-state index is 13.3. The number of carbonyl (C=O) groups is 2. The van der Waals surface area contributed by atoms with E-state index in [0.29, 0.717) is 17.7 Å². The van der Waals surface area contributed by atoms with Crippen LogP contribution in [0.3, 0.4) is 0 Å². The fourth-order valence-corrected chi connectivity index (χ4v) is 5.81. The Kier molecular flexibility index (Phi) is 12.9. The first kappa shape index (κ1) is 31.7. The van der Waals surface area contributed by atoms with Gasteiger partial charge in [0.1, 0.15) is 5.75 Å². The van der Waals surface area contributed by atoms with Gasteiger partial charge in [-0.2, -0.15) is 0 Å². The number of rotatable bonds is 18. The van der Waals surface area contributed by atoms with Gasteiger partial charge in [-0.1, -0.05) is 83.3 Å². The summed E-state index contributed by atoms with van der Waals surface area (Å²) in [4.78, 5) is 30.6. The third kappa shape index (κ3) is 9.95. The molecule has 0 aromatic heterocycles. The first-order valence-electron chi connectivity index (χ1n) is 16.5. The summed E-state index contributed by atoms with van der Waals surface area (Å²) in [5.74, 6) is 0.850. The van der Waals surface area contributed by atoms with Gasteiger partial charge in [0, 0.05) is 50.0 Å². The van der Waals surface area contributed by atoms with Gasteiger partial charge in [-0.3, -0.25) is 9.59 Å². The van der Waals surface area contributed by atoms with Crippen LogP contribution < -0.4 is 25.2 Å². The largest absolute Gasteiger partial charge is 0.495 e. The summed E-state index contributed by atoms with van der Waals surface area (Å²) in [5, 5.41) is 6.20. The predicted molar refractivity (Wildman–Crippen MR) is 174 cm³/mol. The zero-order valence-electron chi connectivity index (χ0n) is 26.0. The molecule has 1 saturated carbocycles. The summed E-state index contributed by atoms with van der Waals surface area (Å²) in [6, 6.07) is 14.2. The first-order chi connectivity index (χ1) is 20.6. The molecule has 7 heteroatoms. The van der Waals surface area contributed by atoms with E-state index in [1.165, 1.54) is 57.8 Å². The van der Waals surface area contributed by atoms with E-state index in [9.17, 15) is 9.59 Å². The molecule has 230 valence electrons. The van der Waals surface area contributed by atoms with Crippen molar-refractivity contribution in [3.63, 3.8) is 0 Å². The molecule has 1 heterocycles.